The number of benzene rings is 1. The minimum Gasteiger partial charge on any atom is -0.223 e. The highest BCUT2D eigenvalue weighted by Crippen LogP contribution is 2.15. The Bertz CT molecular complexity index is 409. The van der Waals surface area contributed by atoms with Gasteiger partial charge in [0.2, 0.25) is 0 Å². The molecule has 0 saturated heterocycles. The number of halogens is 1. The molecule has 0 aliphatic heterocycles. The van der Waals surface area contributed by atoms with Gasteiger partial charge in [-0.2, -0.15) is 5.10 Å². The quantitative estimate of drug-likeness (QED) is 0.752. The van der Waals surface area contributed by atoms with E-state index in [1.54, 1.807) is 11.0 Å². The first-order chi connectivity index (χ1) is 6.27. The van der Waals surface area contributed by atoms with E-state index in [4.69, 9.17) is 0 Å². The van der Waals surface area contributed by atoms with Crippen molar-refractivity contribution in [2.45, 2.75) is 6.92 Å². The molecule has 1 heterocycles. The molecule has 0 amide bonds. The van der Waals surface area contributed by atoms with E-state index in [0.717, 1.165) is 5.69 Å². The molecule has 13 heavy (non-hydrogen) atoms. The van der Waals surface area contributed by atoms with Gasteiger partial charge in [-0.15, -0.1) is 0 Å². The molecule has 0 fully saturated rings. The normalized spacial score (nSPS) is 10.3. The maximum Gasteiger partial charge on any atom is 0.138 e. The summed E-state index contributed by atoms with van der Waals surface area (Å²) < 4.78 is 3.00. The van der Waals surface area contributed by atoms with E-state index in [-0.39, 0.29) is 0 Å². The van der Waals surface area contributed by atoms with E-state index in [9.17, 15) is 0 Å². The van der Waals surface area contributed by atoms with E-state index in [1.165, 1.54) is 15.5 Å². The molecular weight excluding hydrogens is 277 g/mol. The summed E-state index contributed by atoms with van der Waals surface area (Å²) in [5.74, 6) is 0. The van der Waals surface area contributed by atoms with Gasteiger partial charge >= 0.3 is 0 Å². The Morgan fingerprint density at radius 2 is 2.23 bits per heavy atom. The Kier molecular flexibility index (Phi) is 2.30. The fourth-order valence-corrected chi connectivity index (χ4v) is 1.86. The molecule has 0 aliphatic rings. The predicted molar refractivity (Wildman–Crippen MR) is 58.8 cm³/mol. The highest BCUT2D eigenvalue weighted by molar-refractivity contribution is 14.1. The molecular formula is C9H8IN3. The van der Waals surface area contributed by atoms with Crippen LogP contribution in [0.2, 0.25) is 0 Å². The molecule has 4 heteroatoms. The van der Waals surface area contributed by atoms with E-state index >= 15 is 0 Å². The van der Waals surface area contributed by atoms with Crippen molar-refractivity contribution >= 4 is 22.6 Å². The first-order valence-electron chi connectivity index (χ1n) is 3.88. The Balaban J connectivity index is 2.53. The van der Waals surface area contributed by atoms with Crippen LogP contribution in [0.1, 0.15) is 5.56 Å². The lowest BCUT2D eigenvalue weighted by molar-refractivity contribution is 0.871. The van der Waals surface area contributed by atoms with Crippen LogP contribution in [0.5, 0.6) is 0 Å². The molecule has 0 N–H and O–H groups in total. The van der Waals surface area contributed by atoms with Crippen LogP contribution in [0.4, 0.5) is 0 Å². The van der Waals surface area contributed by atoms with E-state index in [0.29, 0.717) is 0 Å². The molecule has 1 aromatic heterocycles. The average molecular weight is 285 g/mol. The van der Waals surface area contributed by atoms with Crippen molar-refractivity contribution in [1.29, 1.82) is 0 Å². The summed E-state index contributed by atoms with van der Waals surface area (Å²) in [6, 6.07) is 6.23. The Hall–Kier alpha value is -0.910. The zero-order valence-electron chi connectivity index (χ0n) is 7.11. The third kappa shape index (κ3) is 1.72. The molecule has 1 aromatic carbocycles. The van der Waals surface area contributed by atoms with Crippen LogP contribution < -0.4 is 0 Å². The van der Waals surface area contributed by atoms with E-state index < -0.39 is 0 Å². The lowest BCUT2D eigenvalue weighted by Crippen LogP contribution is -1.97. The maximum atomic E-state index is 4.08. The highest BCUT2D eigenvalue weighted by Gasteiger charge is 2.00. The van der Waals surface area contributed by atoms with Crippen LogP contribution in [0.25, 0.3) is 5.69 Å². The zero-order valence-corrected chi connectivity index (χ0v) is 9.26. The lowest BCUT2D eigenvalue weighted by Gasteiger charge is -2.04. The smallest absolute Gasteiger partial charge is 0.138 e. The minimum atomic E-state index is 1.08. The third-order valence-corrected chi connectivity index (χ3v) is 2.50. The van der Waals surface area contributed by atoms with Crippen LogP contribution in [0.3, 0.4) is 0 Å². The van der Waals surface area contributed by atoms with Gasteiger partial charge in [0.1, 0.15) is 12.7 Å². The van der Waals surface area contributed by atoms with Crippen molar-refractivity contribution in [2.24, 2.45) is 0 Å². The number of hydrogen-bond donors (Lipinski definition) is 0. The number of aryl methyl sites for hydroxylation is 1. The molecule has 0 spiro atoms. The molecule has 66 valence electrons. The summed E-state index contributed by atoms with van der Waals surface area (Å²) in [5.41, 5.74) is 2.29. The van der Waals surface area contributed by atoms with Gasteiger partial charge in [0.05, 0.1) is 5.69 Å². The van der Waals surface area contributed by atoms with Gasteiger partial charge < -0.3 is 0 Å². The molecule has 0 atom stereocenters. The van der Waals surface area contributed by atoms with Crippen molar-refractivity contribution in [3.8, 4) is 5.69 Å². The van der Waals surface area contributed by atoms with Gasteiger partial charge in [0, 0.05) is 3.57 Å². The largest absolute Gasteiger partial charge is 0.223 e. The van der Waals surface area contributed by atoms with Crippen LogP contribution in [0, 0.1) is 10.5 Å². The molecule has 0 aliphatic carbocycles. The summed E-state index contributed by atoms with van der Waals surface area (Å²) in [6.45, 7) is 2.07. The van der Waals surface area contributed by atoms with Gasteiger partial charge in [0.15, 0.2) is 0 Å². The van der Waals surface area contributed by atoms with E-state index in [1.807, 2.05) is 6.07 Å². The molecule has 0 unspecified atom stereocenters. The first-order valence-corrected chi connectivity index (χ1v) is 4.96. The van der Waals surface area contributed by atoms with Crippen molar-refractivity contribution < 1.29 is 0 Å². The van der Waals surface area contributed by atoms with Gasteiger partial charge in [0.25, 0.3) is 0 Å². The van der Waals surface area contributed by atoms with Gasteiger partial charge in [-0.25, -0.2) is 9.67 Å². The second kappa shape index (κ2) is 3.45. The standard InChI is InChI=1S/C9H8IN3/c1-7-4-8(10)2-3-9(7)13-6-11-5-12-13/h2-6H,1H3. The number of hydrogen-bond acceptors (Lipinski definition) is 2. The van der Waals surface area contributed by atoms with Crippen LogP contribution in [-0.2, 0) is 0 Å². The zero-order chi connectivity index (χ0) is 9.26. The minimum absolute atomic E-state index is 1.08. The number of aromatic nitrogens is 3. The molecule has 3 nitrogen and oxygen atoms in total. The first kappa shape index (κ1) is 8.68. The third-order valence-electron chi connectivity index (χ3n) is 1.82. The summed E-state index contributed by atoms with van der Waals surface area (Å²) in [7, 11) is 0. The fraction of sp³-hybridized carbons (Fsp3) is 0.111. The van der Waals surface area contributed by atoms with Crippen LogP contribution >= 0.6 is 22.6 Å². The average Bonchev–Trinajstić information content (AvgIpc) is 2.56. The van der Waals surface area contributed by atoms with Crippen molar-refractivity contribution in [1.82, 2.24) is 14.8 Å². The molecule has 0 radical (unpaired) electrons. The predicted octanol–water partition coefficient (Wildman–Crippen LogP) is 2.18. The summed E-state index contributed by atoms with van der Waals surface area (Å²) in [6.07, 6.45) is 3.24. The highest BCUT2D eigenvalue weighted by atomic mass is 127. The number of nitrogens with zero attached hydrogens (tertiary/aromatic N) is 3. The Labute approximate surface area is 89.9 Å². The van der Waals surface area contributed by atoms with Gasteiger partial charge in [-0.05, 0) is 53.3 Å². The maximum absolute atomic E-state index is 4.08. The van der Waals surface area contributed by atoms with Crippen LogP contribution in [0.15, 0.2) is 30.9 Å². The van der Waals surface area contributed by atoms with Crippen molar-refractivity contribution in [2.75, 3.05) is 0 Å². The Morgan fingerprint density at radius 3 is 2.85 bits per heavy atom. The van der Waals surface area contributed by atoms with E-state index in [2.05, 4.69) is 51.7 Å². The second-order valence-electron chi connectivity index (χ2n) is 2.77. The summed E-state index contributed by atoms with van der Waals surface area (Å²) >= 11 is 2.29. The van der Waals surface area contributed by atoms with Crippen molar-refractivity contribution in [3.63, 3.8) is 0 Å². The second-order valence-corrected chi connectivity index (χ2v) is 4.02. The number of rotatable bonds is 1. The molecule has 2 rings (SSSR count). The lowest BCUT2D eigenvalue weighted by atomic mass is 10.2. The van der Waals surface area contributed by atoms with Gasteiger partial charge in [-0.1, -0.05) is 0 Å². The molecule has 0 bridgehead atoms. The fourth-order valence-electron chi connectivity index (χ4n) is 1.21. The van der Waals surface area contributed by atoms with Gasteiger partial charge in [-0.3, -0.25) is 0 Å². The monoisotopic (exact) mass is 285 g/mol. The SMILES string of the molecule is Cc1cc(I)ccc1-n1cncn1. The molecule has 0 saturated carbocycles. The molecule has 2 aromatic rings. The summed E-state index contributed by atoms with van der Waals surface area (Å²) in [4.78, 5) is 3.91. The topological polar surface area (TPSA) is 30.7 Å². The van der Waals surface area contributed by atoms with Crippen molar-refractivity contribution in [3.05, 3.63) is 40.0 Å². The van der Waals surface area contributed by atoms with Crippen LogP contribution in [-0.4, -0.2) is 14.8 Å². The Morgan fingerprint density at radius 1 is 1.38 bits per heavy atom. The summed E-state index contributed by atoms with van der Waals surface area (Å²) in [5, 5.41) is 4.08.